The zero-order valence-corrected chi connectivity index (χ0v) is 11.7. The maximum Gasteiger partial charge on any atom is 0.220 e. The smallest absolute Gasteiger partial charge is 0.220 e. The van der Waals surface area contributed by atoms with E-state index in [-0.39, 0.29) is 5.91 Å². The lowest BCUT2D eigenvalue weighted by atomic mass is 9.95. The van der Waals surface area contributed by atoms with E-state index in [1.165, 1.54) is 12.8 Å². The minimum absolute atomic E-state index is 0.0540. The highest BCUT2D eigenvalue weighted by Gasteiger charge is 2.32. The number of ether oxygens (including phenoxy) is 1. The largest absolute Gasteiger partial charge is 0.386 e. The Morgan fingerprint density at radius 2 is 2.28 bits per heavy atom. The fraction of sp³-hybridized carbons (Fsp3) is 0.929. The zero-order valence-electron chi connectivity index (χ0n) is 11.7. The molecule has 18 heavy (non-hydrogen) atoms. The monoisotopic (exact) mass is 257 g/mol. The van der Waals surface area contributed by atoms with Crippen molar-refractivity contribution < 1.29 is 14.6 Å². The summed E-state index contributed by atoms with van der Waals surface area (Å²) in [7, 11) is 0. The van der Waals surface area contributed by atoms with Crippen molar-refractivity contribution in [1.82, 2.24) is 5.32 Å². The van der Waals surface area contributed by atoms with Gasteiger partial charge in [0.1, 0.15) is 5.60 Å². The van der Waals surface area contributed by atoms with Crippen molar-refractivity contribution in [3.8, 4) is 0 Å². The summed E-state index contributed by atoms with van der Waals surface area (Å²) in [5.41, 5.74) is -0.846. The summed E-state index contributed by atoms with van der Waals surface area (Å²) in [6.07, 6.45) is 5.71. The highest BCUT2D eigenvalue weighted by atomic mass is 16.5. The first-order chi connectivity index (χ1) is 8.59. The van der Waals surface area contributed by atoms with Gasteiger partial charge in [0.05, 0.1) is 6.61 Å². The average Bonchev–Trinajstić information content (AvgIpc) is 2.79. The van der Waals surface area contributed by atoms with E-state index >= 15 is 0 Å². The van der Waals surface area contributed by atoms with E-state index in [9.17, 15) is 9.90 Å². The summed E-state index contributed by atoms with van der Waals surface area (Å²) >= 11 is 0. The molecule has 0 spiro atoms. The molecule has 1 heterocycles. The Morgan fingerprint density at radius 3 is 2.83 bits per heavy atom. The normalized spacial score (nSPS) is 25.1. The average molecular weight is 257 g/mol. The molecule has 1 rings (SSSR count). The van der Waals surface area contributed by atoms with E-state index in [4.69, 9.17) is 4.74 Å². The number of aliphatic hydroxyl groups is 1. The molecule has 4 nitrogen and oxygen atoms in total. The zero-order chi connectivity index (χ0) is 13.4. The molecule has 2 atom stereocenters. The van der Waals surface area contributed by atoms with Gasteiger partial charge in [0.15, 0.2) is 0 Å². The van der Waals surface area contributed by atoms with E-state index in [1.807, 2.05) is 0 Å². The van der Waals surface area contributed by atoms with Crippen molar-refractivity contribution in [3.63, 3.8) is 0 Å². The van der Waals surface area contributed by atoms with Crippen LogP contribution in [0.3, 0.4) is 0 Å². The molecule has 0 unspecified atom stereocenters. The Labute approximate surface area is 110 Å². The molecule has 0 aliphatic carbocycles. The van der Waals surface area contributed by atoms with Crippen LogP contribution in [0.4, 0.5) is 0 Å². The number of carbonyl (C=O) groups is 1. The molecule has 1 amide bonds. The molecule has 4 heteroatoms. The summed E-state index contributed by atoms with van der Waals surface area (Å²) in [5.74, 6) is 0.526. The van der Waals surface area contributed by atoms with Gasteiger partial charge in [-0.25, -0.2) is 0 Å². The second-order valence-corrected chi connectivity index (χ2v) is 5.42. The van der Waals surface area contributed by atoms with Gasteiger partial charge in [-0.2, -0.15) is 0 Å². The minimum atomic E-state index is -0.846. The van der Waals surface area contributed by atoms with Crippen molar-refractivity contribution in [3.05, 3.63) is 0 Å². The second-order valence-electron chi connectivity index (χ2n) is 5.42. The molecule has 1 aliphatic rings. The van der Waals surface area contributed by atoms with Crippen LogP contribution in [-0.4, -0.2) is 36.4 Å². The fourth-order valence-electron chi connectivity index (χ4n) is 2.28. The number of nitrogens with one attached hydrogen (secondary N) is 1. The number of unbranched alkanes of at least 4 members (excludes halogenated alkanes) is 1. The van der Waals surface area contributed by atoms with Gasteiger partial charge in [0.2, 0.25) is 5.91 Å². The fourth-order valence-corrected chi connectivity index (χ4v) is 2.28. The molecule has 1 fully saturated rings. The molecule has 1 aliphatic heterocycles. The molecule has 2 N–H and O–H groups in total. The van der Waals surface area contributed by atoms with Gasteiger partial charge in [-0.1, -0.05) is 33.1 Å². The Bertz CT molecular complexity index is 249. The summed E-state index contributed by atoms with van der Waals surface area (Å²) in [5, 5.41) is 12.9. The van der Waals surface area contributed by atoms with Crippen molar-refractivity contribution in [1.29, 1.82) is 0 Å². The maximum atomic E-state index is 11.8. The van der Waals surface area contributed by atoms with Crippen LogP contribution in [0.15, 0.2) is 0 Å². The molecule has 1 saturated heterocycles. The lowest BCUT2D eigenvalue weighted by molar-refractivity contribution is -0.123. The first-order valence-corrected chi connectivity index (χ1v) is 7.16. The minimum Gasteiger partial charge on any atom is -0.386 e. The van der Waals surface area contributed by atoms with Gasteiger partial charge in [0.25, 0.3) is 0 Å². The number of amides is 1. The van der Waals surface area contributed by atoms with Crippen LogP contribution in [0.5, 0.6) is 0 Å². The summed E-state index contributed by atoms with van der Waals surface area (Å²) < 4.78 is 5.15. The highest BCUT2D eigenvalue weighted by molar-refractivity contribution is 5.76. The lowest BCUT2D eigenvalue weighted by Crippen LogP contribution is -2.43. The van der Waals surface area contributed by atoms with E-state index in [0.29, 0.717) is 38.5 Å². The van der Waals surface area contributed by atoms with Gasteiger partial charge in [0, 0.05) is 26.0 Å². The Hall–Kier alpha value is -0.610. The first kappa shape index (κ1) is 15.4. The number of carbonyl (C=O) groups excluding carboxylic acids is 1. The van der Waals surface area contributed by atoms with E-state index in [2.05, 4.69) is 19.2 Å². The van der Waals surface area contributed by atoms with Gasteiger partial charge < -0.3 is 15.2 Å². The first-order valence-electron chi connectivity index (χ1n) is 7.16. The summed E-state index contributed by atoms with van der Waals surface area (Å²) in [4.78, 5) is 11.8. The predicted molar refractivity (Wildman–Crippen MR) is 71.3 cm³/mol. The van der Waals surface area contributed by atoms with Crippen LogP contribution in [0.1, 0.15) is 52.4 Å². The highest BCUT2D eigenvalue weighted by Crippen LogP contribution is 2.18. The van der Waals surface area contributed by atoms with Crippen LogP contribution in [0, 0.1) is 5.92 Å². The Balaban J connectivity index is 2.23. The van der Waals surface area contributed by atoms with Gasteiger partial charge in [-0.3, -0.25) is 4.79 Å². The van der Waals surface area contributed by atoms with Crippen molar-refractivity contribution in [2.24, 2.45) is 5.92 Å². The molecule has 106 valence electrons. The van der Waals surface area contributed by atoms with E-state index < -0.39 is 5.60 Å². The quantitative estimate of drug-likeness (QED) is 0.698. The van der Waals surface area contributed by atoms with Crippen LogP contribution in [0.2, 0.25) is 0 Å². The SMILES string of the molecule is CCCC[C@@H](CC)CC(=O)NC[C@@]1(O)CCOC1. The van der Waals surface area contributed by atoms with Crippen molar-refractivity contribution in [2.75, 3.05) is 19.8 Å². The molecule has 0 saturated carbocycles. The third-order valence-corrected chi connectivity index (χ3v) is 3.71. The van der Waals surface area contributed by atoms with Crippen LogP contribution < -0.4 is 5.32 Å². The molecule has 0 aromatic carbocycles. The van der Waals surface area contributed by atoms with Gasteiger partial charge >= 0.3 is 0 Å². The van der Waals surface area contributed by atoms with E-state index in [1.54, 1.807) is 0 Å². The molecular formula is C14H27NO3. The third kappa shape index (κ3) is 5.36. The van der Waals surface area contributed by atoms with Crippen molar-refractivity contribution in [2.45, 2.75) is 58.0 Å². The van der Waals surface area contributed by atoms with E-state index in [0.717, 1.165) is 12.8 Å². The summed E-state index contributed by atoms with van der Waals surface area (Å²) in [6.45, 7) is 5.53. The van der Waals surface area contributed by atoms with Crippen LogP contribution in [0.25, 0.3) is 0 Å². The maximum absolute atomic E-state index is 11.8. The molecule has 0 aromatic rings. The predicted octanol–water partition coefficient (Wildman–Crippen LogP) is 1.86. The van der Waals surface area contributed by atoms with Crippen LogP contribution >= 0.6 is 0 Å². The second kappa shape index (κ2) is 7.74. The molecule has 0 aromatic heterocycles. The molecule has 0 radical (unpaired) electrons. The number of hydrogen-bond donors (Lipinski definition) is 2. The third-order valence-electron chi connectivity index (χ3n) is 3.71. The number of hydrogen-bond acceptors (Lipinski definition) is 3. The van der Waals surface area contributed by atoms with Crippen molar-refractivity contribution >= 4 is 5.91 Å². The Morgan fingerprint density at radius 1 is 1.50 bits per heavy atom. The van der Waals surface area contributed by atoms with Gasteiger partial charge in [-0.15, -0.1) is 0 Å². The molecular weight excluding hydrogens is 230 g/mol. The summed E-state index contributed by atoms with van der Waals surface area (Å²) in [6, 6.07) is 0. The lowest BCUT2D eigenvalue weighted by Gasteiger charge is -2.21. The van der Waals surface area contributed by atoms with Crippen LogP contribution in [-0.2, 0) is 9.53 Å². The topological polar surface area (TPSA) is 58.6 Å². The standard InChI is InChI=1S/C14H27NO3/c1-3-5-6-12(4-2)9-13(16)15-10-14(17)7-8-18-11-14/h12,17H,3-11H2,1-2H3,(H,15,16)/t12-,14+/m1/s1. The number of rotatable bonds is 8. The van der Waals surface area contributed by atoms with Gasteiger partial charge in [-0.05, 0) is 12.3 Å². The molecule has 0 bridgehead atoms. The Kier molecular flexibility index (Phi) is 6.65.